The number of carboxylic acid groups (broad SMARTS) is 1. The van der Waals surface area contributed by atoms with Gasteiger partial charge in [0.05, 0.1) is 7.11 Å². The number of benzene rings is 1. The van der Waals surface area contributed by atoms with Crippen molar-refractivity contribution in [1.29, 1.82) is 0 Å². The minimum absolute atomic E-state index is 0.0391. The zero-order chi connectivity index (χ0) is 15.7. The zero-order valence-corrected chi connectivity index (χ0v) is 13.3. The molecule has 1 N–H and O–H groups in total. The van der Waals surface area contributed by atoms with Crippen molar-refractivity contribution < 1.29 is 14.6 Å². The monoisotopic (exact) mass is 290 g/mol. The molecule has 0 aliphatic rings. The molecular weight excluding hydrogens is 264 g/mol. The van der Waals surface area contributed by atoms with E-state index >= 15 is 0 Å². The summed E-state index contributed by atoms with van der Waals surface area (Å²) in [5.74, 6) is -0.593. The highest BCUT2D eigenvalue weighted by Crippen LogP contribution is 2.23. The van der Waals surface area contributed by atoms with Crippen molar-refractivity contribution in [3.63, 3.8) is 0 Å². The second kappa shape index (κ2) is 9.22. The van der Waals surface area contributed by atoms with Crippen LogP contribution in [0.1, 0.15) is 63.0 Å². The summed E-state index contributed by atoms with van der Waals surface area (Å²) >= 11 is 0. The molecule has 0 heterocycles. The molecule has 0 saturated heterocycles. The Balaban J connectivity index is 2.73. The smallest absolute Gasteiger partial charge is 0.371 e. The minimum Gasteiger partial charge on any atom is -0.490 e. The van der Waals surface area contributed by atoms with Gasteiger partial charge in [-0.25, -0.2) is 4.79 Å². The van der Waals surface area contributed by atoms with Gasteiger partial charge in [-0.1, -0.05) is 63.8 Å². The Kier molecular flexibility index (Phi) is 7.59. The largest absolute Gasteiger partial charge is 0.490 e. The molecular formula is C18H26O3. The summed E-state index contributed by atoms with van der Waals surface area (Å²) in [6.45, 7) is 4.44. The molecule has 0 bridgehead atoms. The molecule has 0 aliphatic heterocycles. The minimum atomic E-state index is -1.05. The maximum absolute atomic E-state index is 11.0. The number of rotatable bonds is 9. The molecule has 3 heteroatoms. The molecule has 0 aliphatic carbocycles. The van der Waals surface area contributed by atoms with E-state index < -0.39 is 5.97 Å². The van der Waals surface area contributed by atoms with Crippen molar-refractivity contribution in [2.75, 3.05) is 7.11 Å². The average molecular weight is 290 g/mol. The van der Waals surface area contributed by atoms with Crippen LogP contribution < -0.4 is 0 Å². The molecule has 1 atom stereocenters. The van der Waals surface area contributed by atoms with Crippen LogP contribution in [0.3, 0.4) is 0 Å². The molecule has 3 nitrogen and oxygen atoms in total. The standard InChI is InChI=1S/C18H26O3/c1-4-5-6-7-9-14(2)16-11-8-10-15(12-16)13-17(21-3)18(19)20/h8,10-14H,4-7,9H2,1-3H3,(H,19,20). The van der Waals surface area contributed by atoms with Crippen LogP contribution in [-0.2, 0) is 9.53 Å². The second-order valence-electron chi connectivity index (χ2n) is 5.44. The fourth-order valence-corrected chi connectivity index (χ4v) is 2.36. The summed E-state index contributed by atoms with van der Waals surface area (Å²) in [7, 11) is 1.38. The molecule has 0 fully saturated rings. The van der Waals surface area contributed by atoms with Gasteiger partial charge in [-0.15, -0.1) is 0 Å². The van der Waals surface area contributed by atoms with E-state index in [1.54, 1.807) is 6.08 Å². The summed E-state index contributed by atoms with van der Waals surface area (Å²) in [6, 6.07) is 8.02. The van der Waals surface area contributed by atoms with Gasteiger partial charge in [0, 0.05) is 0 Å². The lowest BCUT2D eigenvalue weighted by Crippen LogP contribution is -2.02. The molecule has 1 aromatic carbocycles. The van der Waals surface area contributed by atoms with E-state index in [4.69, 9.17) is 9.84 Å². The normalized spacial score (nSPS) is 13.0. The number of carbonyl (C=O) groups is 1. The van der Waals surface area contributed by atoms with Crippen molar-refractivity contribution in [3.8, 4) is 0 Å². The second-order valence-corrected chi connectivity index (χ2v) is 5.44. The number of ether oxygens (including phenoxy) is 1. The van der Waals surface area contributed by atoms with Gasteiger partial charge < -0.3 is 9.84 Å². The van der Waals surface area contributed by atoms with E-state index in [1.807, 2.05) is 18.2 Å². The third-order valence-corrected chi connectivity index (χ3v) is 3.70. The predicted octanol–water partition coefficient (Wildman–Crippen LogP) is 4.83. The summed E-state index contributed by atoms with van der Waals surface area (Å²) in [4.78, 5) is 11.0. The van der Waals surface area contributed by atoms with Crippen LogP contribution in [0.25, 0.3) is 6.08 Å². The number of methoxy groups -OCH3 is 1. The molecule has 0 aromatic heterocycles. The van der Waals surface area contributed by atoms with Gasteiger partial charge >= 0.3 is 5.97 Å². The van der Waals surface area contributed by atoms with Crippen molar-refractivity contribution >= 4 is 12.0 Å². The third-order valence-electron chi connectivity index (χ3n) is 3.70. The number of aliphatic carboxylic acids is 1. The van der Waals surface area contributed by atoms with Crippen molar-refractivity contribution in [2.45, 2.75) is 51.9 Å². The van der Waals surface area contributed by atoms with E-state index in [1.165, 1.54) is 44.8 Å². The predicted molar refractivity (Wildman–Crippen MR) is 86.2 cm³/mol. The Morgan fingerprint density at radius 2 is 2.10 bits per heavy atom. The molecule has 0 radical (unpaired) electrons. The van der Waals surface area contributed by atoms with Gasteiger partial charge in [0.1, 0.15) is 0 Å². The Hall–Kier alpha value is -1.77. The quantitative estimate of drug-likeness (QED) is 0.402. The van der Waals surface area contributed by atoms with E-state index in [9.17, 15) is 4.79 Å². The number of carboxylic acids is 1. The van der Waals surface area contributed by atoms with Gasteiger partial charge in [-0.3, -0.25) is 0 Å². The molecule has 21 heavy (non-hydrogen) atoms. The van der Waals surface area contributed by atoms with Crippen LogP contribution in [0.2, 0.25) is 0 Å². The van der Waals surface area contributed by atoms with Gasteiger partial charge in [0.15, 0.2) is 0 Å². The summed E-state index contributed by atoms with van der Waals surface area (Å²) in [6.07, 6.45) is 7.81. The Morgan fingerprint density at radius 1 is 1.33 bits per heavy atom. The first-order valence-electron chi connectivity index (χ1n) is 7.67. The molecule has 0 spiro atoms. The molecule has 0 amide bonds. The SMILES string of the molecule is CCCCCCC(C)c1cccc(C=C(OC)C(=O)O)c1. The fraction of sp³-hybridized carbons (Fsp3) is 0.500. The van der Waals surface area contributed by atoms with Crippen LogP contribution in [-0.4, -0.2) is 18.2 Å². The van der Waals surface area contributed by atoms with Gasteiger partial charge in [0.25, 0.3) is 0 Å². The van der Waals surface area contributed by atoms with Crippen LogP contribution in [0.15, 0.2) is 30.0 Å². The van der Waals surface area contributed by atoms with Gasteiger partial charge in [0.2, 0.25) is 5.76 Å². The van der Waals surface area contributed by atoms with E-state index in [2.05, 4.69) is 19.9 Å². The highest BCUT2D eigenvalue weighted by Gasteiger charge is 2.09. The number of hydrogen-bond donors (Lipinski definition) is 1. The van der Waals surface area contributed by atoms with E-state index in [0.29, 0.717) is 5.92 Å². The summed E-state index contributed by atoms with van der Waals surface area (Å²) in [5, 5.41) is 8.99. The summed E-state index contributed by atoms with van der Waals surface area (Å²) < 4.78 is 4.87. The highest BCUT2D eigenvalue weighted by atomic mass is 16.5. The zero-order valence-electron chi connectivity index (χ0n) is 13.3. The molecule has 116 valence electrons. The van der Waals surface area contributed by atoms with E-state index in [-0.39, 0.29) is 5.76 Å². The van der Waals surface area contributed by atoms with Gasteiger partial charge in [-0.2, -0.15) is 0 Å². The molecule has 1 unspecified atom stereocenters. The maximum Gasteiger partial charge on any atom is 0.371 e. The van der Waals surface area contributed by atoms with Gasteiger partial charge in [-0.05, 0) is 29.5 Å². The van der Waals surface area contributed by atoms with Crippen LogP contribution in [0.5, 0.6) is 0 Å². The average Bonchev–Trinajstić information content (AvgIpc) is 2.49. The molecule has 1 aromatic rings. The fourth-order valence-electron chi connectivity index (χ4n) is 2.36. The van der Waals surface area contributed by atoms with Crippen molar-refractivity contribution in [2.24, 2.45) is 0 Å². The lowest BCUT2D eigenvalue weighted by molar-refractivity contribution is -0.135. The number of unbranched alkanes of at least 4 members (excludes halogenated alkanes) is 3. The first-order chi connectivity index (χ1) is 10.1. The first kappa shape index (κ1) is 17.3. The van der Waals surface area contributed by atoms with Crippen molar-refractivity contribution in [3.05, 3.63) is 41.2 Å². The number of hydrogen-bond acceptors (Lipinski definition) is 2. The molecule has 1 rings (SSSR count). The topological polar surface area (TPSA) is 46.5 Å². The first-order valence-corrected chi connectivity index (χ1v) is 7.67. The van der Waals surface area contributed by atoms with Crippen molar-refractivity contribution in [1.82, 2.24) is 0 Å². The lowest BCUT2D eigenvalue weighted by atomic mass is 9.93. The van der Waals surface area contributed by atoms with Crippen LogP contribution in [0, 0.1) is 0 Å². The Morgan fingerprint density at radius 3 is 2.71 bits per heavy atom. The van der Waals surface area contributed by atoms with E-state index in [0.717, 1.165) is 5.56 Å². The highest BCUT2D eigenvalue weighted by molar-refractivity contribution is 5.89. The lowest BCUT2D eigenvalue weighted by Gasteiger charge is -2.12. The summed E-state index contributed by atoms with van der Waals surface area (Å²) in [5.41, 5.74) is 2.12. The Bertz CT molecular complexity index is 477. The Labute approximate surface area is 127 Å². The van der Waals surface area contributed by atoms with Crippen LogP contribution >= 0.6 is 0 Å². The molecule has 0 saturated carbocycles. The maximum atomic E-state index is 11.0. The third kappa shape index (κ3) is 6.03. The van der Waals surface area contributed by atoms with Crippen LogP contribution in [0.4, 0.5) is 0 Å².